The molecule has 0 atom stereocenters. The molecule has 0 aliphatic rings. The van der Waals surface area contributed by atoms with Crippen LogP contribution >= 0.6 is 27.3 Å². The minimum atomic E-state index is -0.128. The quantitative estimate of drug-likeness (QED) is 0.653. The van der Waals surface area contributed by atoms with Crippen LogP contribution in [0, 0.1) is 6.92 Å². The standard InChI is InChI=1S/C17H17BrN4O2S/c1-11-13(20-17(24-11)14-4-3-7-25-14)9-22(2)10-16(23)21-15-6-5-12(18)8-19-15/h3-8H,9-10H2,1-2H3,(H,19,21,23). The molecule has 1 amide bonds. The Hall–Kier alpha value is -2.03. The van der Waals surface area contributed by atoms with E-state index in [1.54, 1.807) is 23.6 Å². The molecule has 3 aromatic heterocycles. The lowest BCUT2D eigenvalue weighted by Gasteiger charge is -2.14. The molecular formula is C17H17BrN4O2S. The van der Waals surface area contributed by atoms with Crippen LogP contribution in [0.2, 0.25) is 0 Å². The van der Waals surface area contributed by atoms with E-state index in [9.17, 15) is 4.79 Å². The summed E-state index contributed by atoms with van der Waals surface area (Å²) >= 11 is 4.90. The first kappa shape index (κ1) is 17.8. The summed E-state index contributed by atoms with van der Waals surface area (Å²) in [5.74, 6) is 1.79. The number of rotatable bonds is 6. The van der Waals surface area contributed by atoms with Crippen molar-refractivity contribution in [2.24, 2.45) is 0 Å². The number of carbonyl (C=O) groups excluding carboxylic acids is 1. The van der Waals surface area contributed by atoms with Gasteiger partial charge in [0.05, 0.1) is 17.1 Å². The third-order valence-electron chi connectivity index (χ3n) is 3.45. The van der Waals surface area contributed by atoms with E-state index >= 15 is 0 Å². The molecule has 1 N–H and O–H groups in total. The minimum Gasteiger partial charge on any atom is -0.440 e. The Bertz CT molecular complexity index is 846. The number of halogens is 1. The molecule has 3 rings (SSSR count). The molecule has 3 heterocycles. The Morgan fingerprint density at radius 3 is 2.92 bits per heavy atom. The first-order valence-corrected chi connectivity index (χ1v) is 9.28. The number of pyridine rings is 1. The van der Waals surface area contributed by atoms with Crippen molar-refractivity contribution < 1.29 is 9.21 Å². The maximum atomic E-state index is 12.1. The van der Waals surface area contributed by atoms with Crippen LogP contribution in [-0.4, -0.2) is 34.4 Å². The topological polar surface area (TPSA) is 71.3 Å². The van der Waals surface area contributed by atoms with Crippen molar-refractivity contribution >= 4 is 39.0 Å². The zero-order valence-corrected chi connectivity index (χ0v) is 16.2. The van der Waals surface area contributed by atoms with Gasteiger partial charge in [-0.2, -0.15) is 0 Å². The van der Waals surface area contributed by atoms with Crippen molar-refractivity contribution in [1.29, 1.82) is 0 Å². The fraction of sp³-hybridized carbons (Fsp3) is 0.235. The van der Waals surface area contributed by atoms with Crippen LogP contribution in [0.5, 0.6) is 0 Å². The van der Waals surface area contributed by atoms with E-state index in [4.69, 9.17) is 4.42 Å². The molecule has 0 radical (unpaired) electrons. The summed E-state index contributed by atoms with van der Waals surface area (Å²) in [6.07, 6.45) is 1.64. The summed E-state index contributed by atoms with van der Waals surface area (Å²) in [7, 11) is 1.87. The van der Waals surface area contributed by atoms with Gasteiger partial charge in [0.25, 0.3) is 0 Å². The average Bonchev–Trinajstić information content (AvgIpc) is 3.20. The number of carbonyl (C=O) groups is 1. The summed E-state index contributed by atoms with van der Waals surface area (Å²) < 4.78 is 6.60. The van der Waals surface area contributed by atoms with Gasteiger partial charge in [-0.15, -0.1) is 11.3 Å². The van der Waals surface area contributed by atoms with Crippen LogP contribution in [-0.2, 0) is 11.3 Å². The highest BCUT2D eigenvalue weighted by atomic mass is 79.9. The van der Waals surface area contributed by atoms with Crippen molar-refractivity contribution in [1.82, 2.24) is 14.9 Å². The van der Waals surface area contributed by atoms with Crippen LogP contribution in [0.4, 0.5) is 5.82 Å². The second-order valence-corrected chi connectivity index (χ2v) is 7.44. The number of thiophene rings is 1. The fourth-order valence-electron chi connectivity index (χ4n) is 2.27. The van der Waals surface area contributed by atoms with E-state index in [-0.39, 0.29) is 12.5 Å². The van der Waals surface area contributed by atoms with Gasteiger partial charge in [-0.3, -0.25) is 9.69 Å². The highest BCUT2D eigenvalue weighted by molar-refractivity contribution is 9.10. The minimum absolute atomic E-state index is 0.128. The van der Waals surface area contributed by atoms with Gasteiger partial charge in [-0.1, -0.05) is 6.07 Å². The summed E-state index contributed by atoms with van der Waals surface area (Å²) in [5.41, 5.74) is 0.834. The van der Waals surface area contributed by atoms with Crippen molar-refractivity contribution in [2.75, 3.05) is 18.9 Å². The number of hydrogen-bond donors (Lipinski definition) is 1. The van der Waals surface area contributed by atoms with Crippen LogP contribution < -0.4 is 5.32 Å². The molecule has 130 valence electrons. The predicted molar refractivity (Wildman–Crippen MR) is 101 cm³/mol. The van der Waals surface area contributed by atoms with Gasteiger partial charge >= 0.3 is 0 Å². The van der Waals surface area contributed by atoms with E-state index in [0.29, 0.717) is 18.3 Å². The van der Waals surface area contributed by atoms with E-state index in [1.165, 1.54) is 0 Å². The number of anilines is 1. The molecule has 0 aliphatic carbocycles. The van der Waals surface area contributed by atoms with Gasteiger partial charge in [0.15, 0.2) is 0 Å². The van der Waals surface area contributed by atoms with E-state index in [0.717, 1.165) is 20.8 Å². The summed E-state index contributed by atoms with van der Waals surface area (Å²) in [4.78, 5) is 23.7. The first-order chi connectivity index (χ1) is 12.0. The molecule has 0 aromatic carbocycles. The van der Waals surface area contributed by atoms with Crippen LogP contribution in [0.15, 0.2) is 44.7 Å². The number of nitrogens with zero attached hydrogens (tertiary/aromatic N) is 3. The van der Waals surface area contributed by atoms with Crippen LogP contribution in [0.25, 0.3) is 10.8 Å². The van der Waals surface area contributed by atoms with Gasteiger partial charge in [-0.25, -0.2) is 9.97 Å². The second kappa shape index (κ2) is 7.90. The lowest BCUT2D eigenvalue weighted by molar-refractivity contribution is -0.117. The van der Waals surface area contributed by atoms with Crippen molar-refractivity contribution in [2.45, 2.75) is 13.5 Å². The van der Waals surface area contributed by atoms with Crippen molar-refractivity contribution in [3.05, 3.63) is 51.8 Å². The number of aromatic nitrogens is 2. The van der Waals surface area contributed by atoms with Crippen molar-refractivity contribution in [3.8, 4) is 10.8 Å². The molecule has 8 heteroatoms. The third kappa shape index (κ3) is 4.75. The summed E-state index contributed by atoms with van der Waals surface area (Å²) in [5, 5.41) is 4.76. The second-order valence-electron chi connectivity index (χ2n) is 5.58. The first-order valence-electron chi connectivity index (χ1n) is 7.61. The maximum Gasteiger partial charge on any atom is 0.239 e. The van der Waals surface area contributed by atoms with E-state index in [1.807, 2.05) is 42.5 Å². The Morgan fingerprint density at radius 2 is 2.24 bits per heavy atom. The average molecular weight is 421 g/mol. The predicted octanol–water partition coefficient (Wildman–Crippen LogP) is 3.94. The molecule has 0 saturated carbocycles. The third-order valence-corrected chi connectivity index (χ3v) is 4.78. The number of likely N-dealkylation sites (N-methyl/N-ethyl adjacent to an activating group) is 1. The molecule has 0 saturated heterocycles. The number of amides is 1. The van der Waals surface area contributed by atoms with Gasteiger partial charge in [0, 0.05) is 17.2 Å². The number of oxazole rings is 1. The highest BCUT2D eigenvalue weighted by Gasteiger charge is 2.15. The van der Waals surface area contributed by atoms with Crippen LogP contribution in [0.1, 0.15) is 11.5 Å². The molecule has 0 fully saturated rings. The lowest BCUT2D eigenvalue weighted by Crippen LogP contribution is -2.30. The Balaban J connectivity index is 1.58. The molecule has 6 nitrogen and oxygen atoms in total. The molecular weight excluding hydrogens is 404 g/mol. The molecule has 0 aliphatic heterocycles. The SMILES string of the molecule is Cc1oc(-c2cccs2)nc1CN(C)CC(=O)Nc1ccc(Br)cn1. The van der Waals surface area contributed by atoms with Gasteiger partial charge in [0.1, 0.15) is 11.6 Å². The molecule has 0 spiro atoms. The summed E-state index contributed by atoms with van der Waals surface area (Å²) in [6, 6.07) is 7.52. The Labute approximate surface area is 158 Å². The Kier molecular flexibility index (Phi) is 5.62. The normalized spacial score (nSPS) is 11.0. The maximum absolute atomic E-state index is 12.1. The smallest absolute Gasteiger partial charge is 0.239 e. The Morgan fingerprint density at radius 1 is 1.40 bits per heavy atom. The highest BCUT2D eigenvalue weighted by Crippen LogP contribution is 2.26. The molecule has 0 unspecified atom stereocenters. The molecule has 0 bridgehead atoms. The number of nitrogens with one attached hydrogen (secondary N) is 1. The largest absolute Gasteiger partial charge is 0.440 e. The van der Waals surface area contributed by atoms with E-state index in [2.05, 4.69) is 31.2 Å². The monoisotopic (exact) mass is 420 g/mol. The van der Waals surface area contributed by atoms with Gasteiger partial charge in [-0.05, 0) is 53.5 Å². The fourth-order valence-corrected chi connectivity index (χ4v) is 3.15. The van der Waals surface area contributed by atoms with Gasteiger partial charge in [0.2, 0.25) is 11.8 Å². The summed E-state index contributed by atoms with van der Waals surface area (Å²) in [6.45, 7) is 2.65. The zero-order chi connectivity index (χ0) is 17.8. The lowest BCUT2D eigenvalue weighted by atomic mass is 10.3. The van der Waals surface area contributed by atoms with Crippen LogP contribution in [0.3, 0.4) is 0 Å². The zero-order valence-electron chi connectivity index (χ0n) is 13.8. The molecule has 25 heavy (non-hydrogen) atoms. The number of aryl methyl sites for hydroxylation is 1. The van der Waals surface area contributed by atoms with Gasteiger partial charge < -0.3 is 9.73 Å². The van der Waals surface area contributed by atoms with E-state index < -0.39 is 0 Å². The number of hydrogen-bond acceptors (Lipinski definition) is 6. The molecule has 3 aromatic rings. The van der Waals surface area contributed by atoms with Crippen molar-refractivity contribution in [3.63, 3.8) is 0 Å².